The van der Waals surface area contributed by atoms with Crippen molar-refractivity contribution < 1.29 is 0 Å². The van der Waals surface area contributed by atoms with Crippen molar-refractivity contribution in [3.8, 4) is 6.07 Å². The number of fused-ring (bicyclic) bond motifs is 1. The number of hydrogen-bond acceptors (Lipinski definition) is 5. The molecule has 0 radical (unpaired) electrons. The Morgan fingerprint density at radius 2 is 2.00 bits per heavy atom. The van der Waals surface area contributed by atoms with Crippen LogP contribution in [0.3, 0.4) is 0 Å². The van der Waals surface area contributed by atoms with E-state index in [1.807, 2.05) is 43.3 Å². The smallest absolute Gasteiger partial charge is 0.196 e. The Morgan fingerprint density at radius 1 is 1.20 bits per heavy atom. The lowest BCUT2D eigenvalue weighted by molar-refractivity contribution is 0.795. The Balaban J connectivity index is 2.03. The monoisotopic (exact) mass is 264 g/mol. The average molecular weight is 264 g/mol. The largest absolute Gasteiger partial charge is 0.375 e. The van der Waals surface area contributed by atoms with Crippen LogP contribution in [0.15, 0.2) is 36.4 Å². The maximum absolute atomic E-state index is 9.16. The van der Waals surface area contributed by atoms with Crippen molar-refractivity contribution in [2.45, 2.75) is 13.0 Å². The number of rotatable bonds is 3. The van der Waals surface area contributed by atoms with E-state index < -0.39 is 0 Å². The second-order valence-electron chi connectivity index (χ2n) is 4.45. The number of hydrogen-bond donors (Lipinski definition) is 2. The van der Waals surface area contributed by atoms with E-state index in [4.69, 9.17) is 5.26 Å². The Kier molecular flexibility index (Phi) is 3.01. The van der Waals surface area contributed by atoms with Gasteiger partial charge in [0.1, 0.15) is 0 Å². The maximum atomic E-state index is 9.16. The van der Waals surface area contributed by atoms with Crippen LogP contribution in [0, 0.1) is 11.3 Å². The minimum absolute atomic E-state index is 0.0786. The van der Waals surface area contributed by atoms with Gasteiger partial charge in [-0.05, 0) is 19.1 Å². The molecule has 1 heterocycles. The van der Waals surface area contributed by atoms with Crippen molar-refractivity contribution in [3.63, 3.8) is 0 Å². The minimum atomic E-state index is -0.0786. The molecule has 98 valence electrons. The molecule has 0 fully saturated rings. The summed E-state index contributed by atoms with van der Waals surface area (Å²) in [5.41, 5.74) is 1.61. The molecule has 6 heteroatoms. The molecule has 0 aliphatic heterocycles. The SMILES string of the molecule is CC(Nc1ccc(C#N)c2ccccc12)c1nn[nH]n1. The van der Waals surface area contributed by atoms with Gasteiger partial charge in [-0.15, -0.1) is 10.2 Å². The van der Waals surface area contributed by atoms with Gasteiger partial charge >= 0.3 is 0 Å². The lowest BCUT2D eigenvalue weighted by atomic mass is 10.0. The molecule has 1 aromatic heterocycles. The number of tetrazole rings is 1. The topological polar surface area (TPSA) is 90.3 Å². The van der Waals surface area contributed by atoms with Crippen LogP contribution in [0.4, 0.5) is 5.69 Å². The van der Waals surface area contributed by atoms with Crippen LogP contribution in [0.1, 0.15) is 24.4 Å². The summed E-state index contributed by atoms with van der Waals surface area (Å²) in [4.78, 5) is 0. The van der Waals surface area contributed by atoms with Gasteiger partial charge in [-0.1, -0.05) is 29.5 Å². The van der Waals surface area contributed by atoms with Crippen LogP contribution in [0.25, 0.3) is 10.8 Å². The van der Waals surface area contributed by atoms with Crippen LogP contribution >= 0.6 is 0 Å². The number of nitrogens with zero attached hydrogens (tertiary/aromatic N) is 4. The molecule has 0 spiro atoms. The molecule has 2 N–H and O–H groups in total. The van der Waals surface area contributed by atoms with Crippen molar-refractivity contribution in [1.82, 2.24) is 20.6 Å². The summed E-state index contributed by atoms with van der Waals surface area (Å²) in [6.07, 6.45) is 0. The highest BCUT2D eigenvalue weighted by molar-refractivity contribution is 5.97. The second kappa shape index (κ2) is 4.97. The number of nitriles is 1. The lowest BCUT2D eigenvalue weighted by Gasteiger charge is -2.14. The standard InChI is InChI=1S/C14H12N6/c1-9(14-17-19-20-18-14)16-13-7-6-10(8-15)11-4-2-3-5-12(11)13/h2-7,9,16H,1H3,(H,17,18,19,20). The van der Waals surface area contributed by atoms with Crippen molar-refractivity contribution in [3.05, 3.63) is 47.8 Å². The lowest BCUT2D eigenvalue weighted by Crippen LogP contribution is -2.09. The van der Waals surface area contributed by atoms with Crippen LogP contribution in [-0.4, -0.2) is 20.6 Å². The zero-order valence-corrected chi connectivity index (χ0v) is 10.8. The van der Waals surface area contributed by atoms with Gasteiger partial charge in [0.05, 0.1) is 17.7 Å². The Morgan fingerprint density at radius 3 is 2.70 bits per heavy atom. The van der Waals surface area contributed by atoms with E-state index in [9.17, 15) is 0 Å². The quantitative estimate of drug-likeness (QED) is 0.758. The Bertz CT molecular complexity index is 772. The number of anilines is 1. The van der Waals surface area contributed by atoms with Crippen LogP contribution in [0.5, 0.6) is 0 Å². The normalized spacial score (nSPS) is 12.0. The maximum Gasteiger partial charge on any atom is 0.196 e. The third-order valence-corrected chi connectivity index (χ3v) is 3.17. The van der Waals surface area contributed by atoms with Gasteiger partial charge in [0.2, 0.25) is 0 Å². The molecule has 20 heavy (non-hydrogen) atoms. The molecule has 1 atom stereocenters. The summed E-state index contributed by atoms with van der Waals surface area (Å²) in [6.45, 7) is 1.96. The summed E-state index contributed by atoms with van der Waals surface area (Å²) in [5.74, 6) is 0.596. The molecule has 1 unspecified atom stereocenters. The molecule has 0 saturated carbocycles. The van der Waals surface area contributed by atoms with Crippen LogP contribution in [-0.2, 0) is 0 Å². The Hall–Kier alpha value is -2.94. The number of benzene rings is 2. The first-order valence-corrected chi connectivity index (χ1v) is 6.21. The van der Waals surface area contributed by atoms with Crippen molar-refractivity contribution in [2.75, 3.05) is 5.32 Å². The molecular weight excluding hydrogens is 252 g/mol. The fourth-order valence-corrected chi connectivity index (χ4v) is 2.17. The van der Waals surface area contributed by atoms with Gasteiger partial charge in [-0.2, -0.15) is 10.5 Å². The summed E-state index contributed by atoms with van der Waals surface area (Å²) in [6, 6.07) is 13.7. The van der Waals surface area contributed by atoms with Crippen LogP contribution in [0.2, 0.25) is 0 Å². The summed E-state index contributed by atoms with van der Waals surface area (Å²) >= 11 is 0. The molecule has 0 amide bonds. The molecule has 0 aliphatic rings. The number of nitrogens with one attached hydrogen (secondary N) is 2. The van der Waals surface area contributed by atoms with Crippen LogP contribution < -0.4 is 5.32 Å². The number of aromatic nitrogens is 4. The summed E-state index contributed by atoms with van der Waals surface area (Å²) in [5, 5.41) is 28.4. The first-order valence-electron chi connectivity index (χ1n) is 6.21. The van der Waals surface area contributed by atoms with Crippen molar-refractivity contribution in [2.24, 2.45) is 0 Å². The fraction of sp³-hybridized carbons (Fsp3) is 0.143. The van der Waals surface area contributed by atoms with Gasteiger partial charge < -0.3 is 5.32 Å². The average Bonchev–Trinajstić information content (AvgIpc) is 3.02. The molecule has 0 aliphatic carbocycles. The van der Waals surface area contributed by atoms with E-state index in [1.165, 1.54) is 0 Å². The van der Waals surface area contributed by atoms with E-state index in [1.54, 1.807) is 0 Å². The van der Waals surface area contributed by atoms with E-state index in [-0.39, 0.29) is 6.04 Å². The van der Waals surface area contributed by atoms with Crippen molar-refractivity contribution >= 4 is 16.5 Å². The van der Waals surface area contributed by atoms with Gasteiger partial charge in [-0.25, -0.2) is 0 Å². The van der Waals surface area contributed by atoms with Gasteiger partial charge in [0.25, 0.3) is 0 Å². The first-order chi connectivity index (χ1) is 9.79. The molecule has 0 saturated heterocycles. The number of aromatic amines is 1. The Labute approximate surface area is 115 Å². The van der Waals surface area contributed by atoms with Crippen molar-refractivity contribution in [1.29, 1.82) is 5.26 Å². The molecular formula is C14H12N6. The highest BCUT2D eigenvalue weighted by Crippen LogP contribution is 2.28. The molecule has 3 rings (SSSR count). The zero-order chi connectivity index (χ0) is 13.9. The van der Waals surface area contributed by atoms with E-state index >= 15 is 0 Å². The molecule has 6 nitrogen and oxygen atoms in total. The highest BCUT2D eigenvalue weighted by atomic mass is 15.5. The minimum Gasteiger partial charge on any atom is -0.375 e. The van der Waals surface area contributed by atoms with Gasteiger partial charge in [0, 0.05) is 16.5 Å². The van der Waals surface area contributed by atoms with E-state index in [2.05, 4.69) is 32.0 Å². The molecule has 3 aromatic rings. The third kappa shape index (κ3) is 2.06. The first kappa shape index (κ1) is 12.1. The summed E-state index contributed by atoms with van der Waals surface area (Å²) in [7, 11) is 0. The summed E-state index contributed by atoms with van der Waals surface area (Å²) < 4.78 is 0. The predicted molar refractivity (Wildman–Crippen MR) is 74.9 cm³/mol. The molecule has 0 bridgehead atoms. The second-order valence-corrected chi connectivity index (χ2v) is 4.45. The zero-order valence-electron chi connectivity index (χ0n) is 10.8. The molecule has 2 aromatic carbocycles. The highest BCUT2D eigenvalue weighted by Gasteiger charge is 2.12. The van der Waals surface area contributed by atoms with E-state index in [0.717, 1.165) is 16.5 Å². The van der Waals surface area contributed by atoms with Gasteiger partial charge in [0.15, 0.2) is 5.82 Å². The third-order valence-electron chi connectivity index (χ3n) is 3.17. The van der Waals surface area contributed by atoms with E-state index in [0.29, 0.717) is 11.4 Å². The predicted octanol–water partition coefficient (Wildman–Crippen LogP) is 2.40. The number of H-pyrrole nitrogens is 1. The fourth-order valence-electron chi connectivity index (χ4n) is 2.17. The van der Waals surface area contributed by atoms with Gasteiger partial charge in [-0.3, -0.25) is 0 Å².